The monoisotopic (exact) mass is 333 g/mol. The first-order valence-electron chi connectivity index (χ1n) is 6.87. The van der Waals surface area contributed by atoms with Crippen molar-refractivity contribution in [3.8, 4) is 0 Å². The molecule has 1 aromatic carbocycles. The third-order valence-corrected chi connectivity index (χ3v) is 5.56. The Morgan fingerprint density at radius 3 is 2.81 bits per heavy atom. The number of rotatable bonds is 4. The lowest BCUT2D eigenvalue weighted by molar-refractivity contribution is 0.0173. The molecule has 0 amide bonds. The Labute approximate surface area is 130 Å². The molecule has 0 aliphatic carbocycles. The average Bonchev–Trinajstić information content (AvgIpc) is 2.40. The van der Waals surface area contributed by atoms with Crippen molar-refractivity contribution in [3.63, 3.8) is 0 Å². The average molecular weight is 334 g/mol. The van der Waals surface area contributed by atoms with Gasteiger partial charge in [-0.3, -0.25) is 0 Å². The zero-order valence-corrected chi connectivity index (χ0v) is 13.7. The number of sulfonamides is 1. The predicted octanol–water partition coefficient (Wildman–Crippen LogP) is 1.99. The smallest absolute Gasteiger partial charge is 0.241 e. The zero-order chi connectivity index (χ0) is 15.6. The van der Waals surface area contributed by atoms with Crippen LogP contribution in [-0.2, 0) is 21.4 Å². The Hall–Kier alpha value is -0.660. The van der Waals surface area contributed by atoms with Gasteiger partial charge in [-0.15, -0.1) is 0 Å². The van der Waals surface area contributed by atoms with E-state index in [0.717, 1.165) is 0 Å². The first kappa shape index (κ1) is 16.7. The molecule has 21 heavy (non-hydrogen) atoms. The van der Waals surface area contributed by atoms with Crippen LogP contribution < -0.4 is 4.72 Å². The fourth-order valence-corrected chi connectivity index (χ4v) is 4.44. The number of ether oxygens (including phenoxy) is 1. The lowest BCUT2D eigenvalue weighted by Crippen LogP contribution is -2.41. The molecule has 1 aromatic rings. The van der Waals surface area contributed by atoms with Gasteiger partial charge in [0.1, 0.15) is 0 Å². The highest BCUT2D eigenvalue weighted by Gasteiger charge is 2.26. The highest BCUT2D eigenvalue weighted by Crippen LogP contribution is 2.25. The first-order valence-corrected chi connectivity index (χ1v) is 8.73. The third-order valence-electron chi connectivity index (χ3n) is 3.70. The topological polar surface area (TPSA) is 75.6 Å². The third kappa shape index (κ3) is 3.96. The van der Waals surface area contributed by atoms with E-state index in [2.05, 4.69) is 4.72 Å². The molecule has 7 heteroatoms. The molecule has 1 aliphatic heterocycles. The molecule has 2 atom stereocenters. The summed E-state index contributed by atoms with van der Waals surface area (Å²) >= 11 is 5.95. The van der Waals surface area contributed by atoms with Crippen LogP contribution in [0.5, 0.6) is 0 Å². The predicted molar refractivity (Wildman–Crippen MR) is 80.9 cm³/mol. The van der Waals surface area contributed by atoms with E-state index < -0.39 is 10.0 Å². The minimum absolute atomic E-state index is 0.0416. The van der Waals surface area contributed by atoms with E-state index in [9.17, 15) is 13.5 Å². The van der Waals surface area contributed by atoms with Crippen molar-refractivity contribution in [1.29, 1.82) is 0 Å². The molecule has 118 valence electrons. The minimum Gasteiger partial charge on any atom is -0.392 e. The molecule has 0 bridgehead atoms. The molecule has 1 fully saturated rings. The van der Waals surface area contributed by atoms with Crippen molar-refractivity contribution < 1.29 is 18.3 Å². The zero-order valence-electron chi connectivity index (χ0n) is 12.1. The highest BCUT2D eigenvalue weighted by atomic mass is 35.5. The van der Waals surface area contributed by atoms with Crippen LogP contribution in [0.25, 0.3) is 0 Å². The number of aliphatic hydroxyl groups is 1. The van der Waals surface area contributed by atoms with Gasteiger partial charge in [0.25, 0.3) is 0 Å². The molecule has 5 nitrogen and oxygen atoms in total. The van der Waals surface area contributed by atoms with E-state index in [1.165, 1.54) is 6.07 Å². The molecule has 0 aromatic heterocycles. The number of halogens is 1. The van der Waals surface area contributed by atoms with Gasteiger partial charge in [0.2, 0.25) is 10.0 Å². The Bertz CT molecular complexity index is 618. The summed E-state index contributed by atoms with van der Waals surface area (Å²) < 4.78 is 33.2. The molecule has 0 spiro atoms. The summed E-state index contributed by atoms with van der Waals surface area (Å²) in [6, 6.07) is 2.85. The summed E-state index contributed by atoms with van der Waals surface area (Å²) in [7, 11) is -3.67. The van der Waals surface area contributed by atoms with Gasteiger partial charge in [-0.25, -0.2) is 13.1 Å². The van der Waals surface area contributed by atoms with Crippen molar-refractivity contribution in [1.82, 2.24) is 4.72 Å². The molecule has 0 radical (unpaired) electrons. The second-order valence-corrected chi connectivity index (χ2v) is 7.49. The van der Waals surface area contributed by atoms with E-state index in [1.54, 1.807) is 13.0 Å². The van der Waals surface area contributed by atoms with Crippen LogP contribution >= 0.6 is 11.6 Å². The van der Waals surface area contributed by atoms with E-state index >= 15 is 0 Å². The van der Waals surface area contributed by atoms with Crippen molar-refractivity contribution >= 4 is 21.6 Å². The Morgan fingerprint density at radius 1 is 1.48 bits per heavy atom. The molecule has 1 heterocycles. The maximum Gasteiger partial charge on any atom is 0.241 e. The summed E-state index contributed by atoms with van der Waals surface area (Å²) in [4.78, 5) is 0.123. The van der Waals surface area contributed by atoms with Crippen LogP contribution in [0.3, 0.4) is 0 Å². The Balaban J connectivity index is 2.29. The molecular formula is C14H20ClNO4S. The van der Waals surface area contributed by atoms with Gasteiger partial charge < -0.3 is 9.84 Å². The van der Waals surface area contributed by atoms with Crippen LogP contribution in [0, 0.1) is 6.92 Å². The van der Waals surface area contributed by atoms with Gasteiger partial charge in [0.05, 0.1) is 17.6 Å². The minimum atomic E-state index is -3.67. The van der Waals surface area contributed by atoms with E-state index in [4.69, 9.17) is 16.3 Å². The fraction of sp³-hybridized carbons (Fsp3) is 0.571. The lowest BCUT2D eigenvalue weighted by atomic mass is 10.1. The van der Waals surface area contributed by atoms with Crippen LogP contribution in [0.1, 0.15) is 30.9 Å². The molecule has 0 saturated carbocycles. The lowest BCUT2D eigenvalue weighted by Gasteiger charge is -2.28. The Morgan fingerprint density at radius 2 is 2.19 bits per heavy atom. The van der Waals surface area contributed by atoms with Crippen LogP contribution in [0.4, 0.5) is 0 Å². The standard InChI is InChI=1S/C14H20ClNO4S/c1-9-5-13(3-4-20-9)16-21(18,19)14-7-12(15)6-11(8-17)10(14)2/h6-7,9,13,16-17H,3-5,8H2,1-2H3. The number of aliphatic hydroxyl groups excluding tert-OH is 1. The van der Waals surface area contributed by atoms with E-state index in [1.807, 2.05) is 6.92 Å². The second-order valence-electron chi connectivity index (χ2n) is 5.37. The molecule has 1 aliphatic rings. The van der Waals surface area contributed by atoms with Crippen LogP contribution in [0.2, 0.25) is 5.02 Å². The summed E-state index contributed by atoms with van der Waals surface area (Å²) in [5.74, 6) is 0. The van der Waals surface area contributed by atoms with Gasteiger partial charge >= 0.3 is 0 Å². The molecule has 2 rings (SSSR count). The second kappa shape index (κ2) is 6.62. The SMILES string of the molecule is Cc1c(CO)cc(Cl)cc1S(=O)(=O)NC1CCOC(C)C1. The molecular weight excluding hydrogens is 314 g/mol. The van der Waals surface area contributed by atoms with E-state index in [0.29, 0.717) is 35.6 Å². The van der Waals surface area contributed by atoms with E-state index in [-0.39, 0.29) is 23.6 Å². The maximum atomic E-state index is 12.6. The summed E-state index contributed by atoms with van der Waals surface area (Å²) in [5, 5.41) is 9.60. The largest absolute Gasteiger partial charge is 0.392 e. The molecule has 1 saturated heterocycles. The van der Waals surface area contributed by atoms with Crippen LogP contribution in [0.15, 0.2) is 17.0 Å². The number of benzene rings is 1. The van der Waals surface area contributed by atoms with Gasteiger partial charge in [-0.05, 0) is 49.9 Å². The molecule has 2 unspecified atom stereocenters. The van der Waals surface area contributed by atoms with Crippen LogP contribution in [-0.4, -0.2) is 32.3 Å². The fourth-order valence-electron chi connectivity index (χ4n) is 2.54. The van der Waals surface area contributed by atoms with Gasteiger partial charge in [-0.2, -0.15) is 0 Å². The quantitative estimate of drug-likeness (QED) is 0.883. The number of nitrogens with one attached hydrogen (secondary N) is 1. The highest BCUT2D eigenvalue weighted by molar-refractivity contribution is 7.89. The normalized spacial score (nSPS) is 23.2. The summed E-state index contributed by atoms with van der Waals surface area (Å²) in [6.07, 6.45) is 1.33. The first-order chi connectivity index (χ1) is 9.83. The van der Waals surface area contributed by atoms with Gasteiger partial charge in [-0.1, -0.05) is 11.6 Å². The van der Waals surface area contributed by atoms with Crippen molar-refractivity contribution in [3.05, 3.63) is 28.3 Å². The summed E-state index contributed by atoms with van der Waals surface area (Å²) in [6.45, 7) is 3.89. The maximum absolute atomic E-state index is 12.6. The molecule has 2 N–H and O–H groups in total. The van der Waals surface area contributed by atoms with Crippen molar-refractivity contribution in [2.24, 2.45) is 0 Å². The Kier molecular flexibility index (Phi) is 5.27. The number of hydrogen-bond donors (Lipinski definition) is 2. The number of hydrogen-bond acceptors (Lipinski definition) is 4. The van der Waals surface area contributed by atoms with Gasteiger partial charge in [0.15, 0.2) is 0 Å². The van der Waals surface area contributed by atoms with Crippen molar-refractivity contribution in [2.75, 3.05) is 6.61 Å². The van der Waals surface area contributed by atoms with Gasteiger partial charge in [0, 0.05) is 17.7 Å². The summed E-state index contributed by atoms with van der Waals surface area (Å²) in [5.41, 5.74) is 1.04. The van der Waals surface area contributed by atoms with Crippen molar-refractivity contribution in [2.45, 2.75) is 50.3 Å².